The number of thioether (sulfide) groups is 1. The molecule has 4 heterocycles. The lowest BCUT2D eigenvalue weighted by molar-refractivity contribution is 0.204. The third-order valence-corrected chi connectivity index (χ3v) is 5.86. The van der Waals surface area contributed by atoms with Crippen LogP contribution in [0, 0.1) is 0 Å². The van der Waals surface area contributed by atoms with E-state index in [0.29, 0.717) is 0 Å². The van der Waals surface area contributed by atoms with Crippen molar-refractivity contribution in [2.75, 3.05) is 32.2 Å². The molecule has 1 aromatic rings. The summed E-state index contributed by atoms with van der Waals surface area (Å²) < 4.78 is 23.4. The van der Waals surface area contributed by atoms with Crippen LogP contribution in [0.1, 0.15) is 23.0 Å². The zero-order chi connectivity index (χ0) is 13.4. The van der Waals surface area contributed by atoms with Crippen molar-refractivity contribution in [1.29, 1.82) is 0 Å². The van der Waals surface area contributed by atoms with E-state index in [9.17, 15) is 0 Å². The van der Waals surface area contributed by atoms with Crippen LogP contribution in [0.5, 0.6) is 11.5 Å². The SMILES string of the molecule is c1sc(C2SCC3=C2OCCCO3)c2c1OCCCO2. The first-order chi connectivity index (χ1) is 9.93. The number of thiophene rings is 1. The van der Waals surface area contributed by atoms with Crippen LogP contribution in [0.4, 0.5) is 0 Å². The van der Waals surface area contributed by atoms with Crippen LogP contribution in [-0.2, 0) is 9.47 Å². The van der Waals surface area contributed by atoms with Gasteiger partial charge in [0.2, 0.25) is 0 Å². The average molecular weight is 312 g/mol. The molecule has 1 atom stereocenters. The van der Waals surface area contributed by atoms with Crippen molar-refractivity contribution in [3.8, 4) is 11.5 Å². The second kappa shape index (κ2) is 5.41. The van der Waals surface area contributed by atoms with E-state index in [1.54, 1.807) is 11.3 Å². The number of hydrogen-bond donors (Lipinski definition) is 0. The van der Waals surface area contributed by atoms with Gasteiger partial charge < -0.3 is 18.9 Å². The summed E-state index contributed by atoms with van der Waals surface area (Å²) in [5.41, 5.74) is 0. The molecule has 6 heteroatoms. The van der Waals surface area contributed by atoms with Crippen LogP contribution in [0.3, 0.4) is 0 Å². The Kier molecular flexibility index (Phi) is 3.44. The first-order valence-electron chi connectivity index (χ1n) is 6.90. The van der Waals surface area contributed by atoms with Gasteiger partial charge >= 0.3 is 0 Å². The molecule has 0 fully saturated rings. The van der Waals surface area contributed by atoms with E-state index < -0.39 is 0 Å². The molecule has 1 aromatic heterocycles. The normalized spacial score (nSPS) is 25.3. The Morgan fingerprint density at radius 2 is 1.75 bits per heavy atom. The summed E-state index contributed by atoms with van der Waals surface area (Å²) in [4.78, 5) is 1.20. The maximum absolute atomic E-state index is 5.93. The van der Waals surface area contributed by atoms with Gasteiger partial charge in [0, 0.05) is 18.2 Å². The molecule has 0 bridgehead atoms. The lowest BCUT2D eigenvalue weighted by Gasteiger charge is -2.14. The van der Waals surface area contributed by atoms with Crippen molar-refractivity contribution in [2.45, 2.75) is 18.1 Å². The number of hydrogen-bond acceptors (Lipinski definition) is 6. The highest BCUT2D eigenvalue weighted by Crippen LogP contribution is 2.53. The molecule has 0 aliphatic carbocycles. The summed E-state index contributed by atoms with van der Waals surface area (Å²) in [6, 6.07) is 0. The van der Waals surface area contributed by atoms with Crippen molar-refractivity contribution >= 4 is 23.1 Å². The van der Waals surface area contributed by atoms with Gasteiger partial charge in [-0.3, -0.25) is 0 Å². The van der Waals surface area contributed by atoms with Crippen molar-refractivity contribution < 1.29 is 18.9 Å². The molecule has 3 aliphatic heterocycles. The van der Waals surface area contributed by atoms with Crippen molar-refractivity contribution in [2.24, 2.45) is 0 Å². The van der Waals surface area contributed by atoms with E-state index in [4.69, 9.17) is 18.9 Å². The second-order valence-corrected chi connectivity index (χ2v) is 6.88. The minimum absolute atomic E-state index is 0.193. The Hall–Kier alpha value is -1.01. The van der Waals surface area contributed by atoms with Gasteiger partial charge in [-0.2, -0.15) is 0 Å². The van der Waals surface area contributed by atoms with Crippen LogP contribution in [-0.4, -0.2) is 32.2 Å². The molecular formula is C14H16O4S2. The van der Waals surface area contributed by atoms with Crippen LogP contribution in [0.15, 0.2) is 16.9 Å². The third-order valence-electron chi connectivity index (χ3n) is 3.49. The summed E-state index contributed by atoms with van der Waals surface area (Å²) in [6.45, 7) is 2.95. The summed E-state index contributed by atoms with van der Waals surface area (Å²) in [6.07, 6.45) is 1.89. The number of ether oxygens (including phenoxy) is 4. The van der Waals surface area contributed by atoms with E-state index in [1.807, 2.05) is 17.1 Å². The minimum Gasteiger partial charge on any atom is -0.493 e. The first kappa shape index (κ1) is 12.7. The van der Waals surface area contributed by atoms with Gasteiger partial charge in [0.05, 0.1) is 37.1 Å². The van der Waals surface area contributed by atoms with Crippen molar-refractivity contribution in [1.82, 2.24) is 0 Å². The first-order valence-corrected chi connectivity index (χ1v) is 8.83. The molecule has 0 saturated heterocycles. The summed E-state index contributed by atoms with van der Waals surface area (Å²) >= 11 is 3.54. The second-order valence-electron chi connectivity index (χ2n) is 4.87. The highest BCUT2D eigenvalue weighted by Gasteiger charge is 2.36. The molecule has 4 rings (SSSR count). The van der Waals surface area contributed by atoms with Gasteiger partial charge in [-0.1, -0.05) is 0 Å². The molecule has 0 amide bonds. The van der Waals surface area contributed by atoms with E-state index >= 15 is 0 Å². The molecule has 0 N–H and O–H groups in total. The Morgan fingerprint density at radius 3 is 2.70 bits per heavy atom. The molecule has 0 aromatic carbocycles. The largest absolute Gasteiger partial charge is 0.493 e. The van der Waals surface area contributed by atoms with Crippen LogP contribution < -0.4 is 9.47 Å². The number of rotatable bonds is 1. The quantitative estimate of drug-likeness (QED) is 0.795. The van der Waals surface area contributed by atoms with Gasteiger partial charge in [0.1, 0.15) is 11.0 Å². The van der Waals surface area contributed by atoms with E-state index in [2.05, 4.69) is 0 Å². The fourth-order valence-electron chi connectivity index (χ4n) is 2.54. The van der Waals surface area contributed by atoms with E-state index in [1.165, 1.54) is 4.88 Å². The van der Waals surface area contributed by atoms with Gasteiger partial charge in [-0.25, -0.2) is 0 Å². The van der Waals surface area contributed by atoms with Gasteiger partial charge in [-0.05, 0) is 0 Å². The average Bonchev–Trinajstić information content (AvgIpc) is 2.85. The molecule has 0 spiro atoms. The molecule has 4 nitrogen and oxygen atoms in total. The highest BCUT2D eigenvalue weighted by molar-refractivity contribution is 8.00. The smallest absolute Gasteiger partial charge is 0.176 e. The fourth-order valence-corrected chi connectivity index (χ4v) is 4.97. The van der Waals surface area contributed by atoms with E-state index in [0.717, 1.165) is 68.0 Å². The maximum Gasteiger partial charge on any atom is 0.176 e. The van der Waals surface area contributed by atoms with Crippen LogP contribution in [0.2, 0.25) is 0 Å². The van der Waals surface area contributed by atoms with E-state index in [-0.39, 0.29) is 5.25 Å². The Morgan fingerprint density at radius 1 is 0.950 bits per heavy atom. The molecule has 108 valence electrons. The fraction of sp³-hybridized carbons (Fsp3) is 0.571. The molecule has 0 radical (unpaired) electrons. The molecule has 0 saturated carbocycles. The predicted molar refractivity (Wildman–Crippen MR) is 78.7 cm³/mol. The monoisotopic (exact) mass is 312 g/mol. The minimum atomic E-state index is 0.193. The molecular weight excluding hydrogens is 296 g/mol. The number of fused-ring (bicyclic) bond motifs is 1. The lowest BCUT2D eigenvalue weighted by Crippen LogP contribution is -2.02. The van der Waals surface area contributed by atoms with Crippen molar-refractivity contribution in [3.05, 3.63) is 21.8 Å². The molecule has 3 aliphatic rings. The maximum atomic E-state index is 5.93. The zero-order valence-corrected chi connectivity index (χ0v) is 12.7. The van der Waals surface area contributed by atoms with Crippen molar-refractivity contribution in [3.63, 3.8) is 0 Å². The Bertz CT molecular complexity index is 537. The summed E-state index contributed by atoms with van der Waals surface area (Å²) in [5.74, 6) is 4.67. The Labute approximate surface area is 126 Å². The molecule has 1 unspecified atom stereocenters. The topological polar surface area (TPSA) is 36.9 Å². The summed E-state index contributed by atoms with van der Waals surface area (Å²) in [7, 11) is 0. The zero-order valence-electron chi connectivity index (χ0n) is 11.1. The van der Waals surface area contributed by atoms with Gasteiger partial charge in [0.25, 0.3) is 0 Å². The highest BCUT2D eigenvalue weighted by atomic mass is 32.2. The Balaban J connectivity index is 1.68. The summed E-state index contributed by atoms with van der Waals surface area (Å²) in [5, 5.41) is 2.24. The van der Waals surface area contributed by atoms with Crippen LogP contribution >= 0.6 is 23.1 Å². The third kappa shape index (κ3) is 2.15. The standard InChI is InChI=1S/C14H16O4S2/c1-3-15-9-7-19-13(11(9)17-5-1)14-12-10(8-20-14)16-4-2-6-18-12/h7,14H,1-6,8H2. The van der Waals surface area contributed by atoms with Crippen LogP contribution in [0.25, 0.3) is 0 Å². The van der Waals surface area contributed by atoms with Gasteiger partial charge in [0.15, 0.2) is 17.3 Å². The lowest BCUT2D eigenvalue weighted by atomic mass is 10.2. The molecule has 20 heavy (non-hydrogen) atoms. The van der Waals surface area contributed by atoms with Gasteiger partial charge in [-0.15, -0.1) is 23.1 Å². The predicted octanol–water partition coefficient (Wildman–Crippen LogP) is 3.35.